The molecule has 0 saturated heterocycles. The maximum absolute atomic E-state index is 5.33. The number of hydrogen-bond donors (Lipinski definition) is 0. The minimum absolute atomic E-state index is 0.126. The van der Waals surface area contributed by atoms with Crippen molar-refractivity contribution in [2.24, 2.45) is 5.92 Å². The molecule has 0 bridgehead atoms. The largest absolute Gasteiger partial charge is 0.264 e. The molecule has 11 aromatic rings. The van der Waals surface area contributed by atoms with Crippen LogP contribution in [-0.4, -0.2) is 49.8 Å². The van der Waals surface area contributed by atoms with Crippen LogP contribution in [0.25, 0.3) is 119 Å². The van der Waals surface area contributed by atoms with E-state index in [9.17, 15) is 0 Å². The predicted octanol–water partition coefficient (Wildman–Crippen LogP) is 14.6. The Morgan fingerprint density at radius 2 is 0.714 bits per heavy atom. The molecule has 3 aliphatic rings. The van der Waals surface area contributed by atoms with Crippen molar-refractivity contribution in [2.75, 3.05) is 0 Å². The lowest BCUT2D eigenvalue weighted by atomic mass is 9.56. The fourth-order valence-corrected chi connectivity index (χ4v) is 11.0. The smallest absolute Gasteiger partial charge is 0.164 e. The summed E-state index contributed by atoms with van der Waals surface area (Å²) in [6.07, 6.45) is 28.1. The number of pyridine rings is 4. The van der Waals surface area contributed by atoms with Gasteiger partial charge in [-0.2, -0.15) is 0 Å². The zero-order valence-electron chi connectivity index (χ0n) is 41.6. The molecule has 0 radical (unpaired) electrons. The van der Waals surface area contributed by atoms with E-state index in [0.29, 0.717) is 34.9 Å². The van der Waals surface area contributed by atoms with Gasteiger partial charge in [0.1, 0.15) is 0 Å². The topological polar surface area (TPSA) is 129 Å². The van der Waals surface area contributed by atoms with Gasteiger partial charge in [0.05, 0.1) is 0 Å². The number of aromatic nitrogens is 10. The van der Waals surface area contributed by atoms with Gasteiger partial charge in [-0.15, -0.1) is 0 Å². The Labute approximate surface area is 444 Å². The Balaban J connectivity index is 0.872. The highest BCUT2D eigenvalue weighted by molar-refractivity contribution is 5.89. The van der Waals surface area contributed by atoms with E-state index in [1.165, 1.54) is 11.1 Å². The maximum Gasteiger partial charge on any atom is 0.164 e. The third-order valence-electron chi connectivity index (χ3n) is 15.0. The summed E-state index contributed by atoms with van der Waals surface area (Å²) in [6.45, 7) is 2.35. The summed E-state index contributed by atoms with van der Waals surface area (Å²) in [5.74, 6) is 3.42. The standard InChI is InChI=1S/C67H44N10/c1-67-55-28-31-56-57(65-74-61(47-18-10-42(11-19-47)51-6-2-34-68-38-51)72-62(75-65)48-20-12-43(13-21-48)52-7-3-35-69-39-52)30-26-46(60(56)67)27-33-59(67)58(32-29-55)66-76-63(49-22-14-44(15-23-49)53-8-4-36-70-40-53)73-64(77-66)50-24-16-45(17-25-50)54-9-5-37-71-41-54/h2-41,59H,1H3. The van der Waals surface area contributed by atoms with Crippen LogP contribution >= 0.6 is 0 Å². The van der Waals surface area contributed by atoms with Crippen molar-refractivity contribution in [1.82, 2.24) is 49.8 Å². The average molecular weight is 989 g/mol. The predicted molar refractivity (Wildman–Crippen MR) is 305 cm³/mol. The fraction of sp³-hybridized carbons (Fsp3) is 0.0448. The Hall–Kier alpha value is -10.3. The first-order valence-corrected chi connectivity index (χ1v) is 25.5. The molecule has 0 aliphatic heterocycles. The fourth-order valence-electron chi connectivity index (χ4n) is 11.0. The molecular formula is C67H44N10. The molecule has 0 saturated carbocycles. The lowest BCUT2D eigenvalue weighted by Gasteiger charge is -2.47. The van der Waals surface area contributed by atoms with Crippen molar-refractivity contribution in [2.45, 2.75) is 12.3 Å². The molecular weight excluding hydrogens is 945 g/mol. The second-order valence-electron chi connectivity index (χ2n) is 19.5. The first-order valence-electron chi connectivity index (χ1n) is 25.5. The molecule has 0 N–H and O–H groups in total. The zero-order valence-corrected chi connectivity index (χ0v) is 41.6. The van der Waals surface area contributed by atoms with E-state index in [2.05, 4.69) is 197 Å². The molecule has 2 atom stereocenters. The average Bonchev–Trinajstić information content (AvgIpc) is 3.57. The molecule has 0 amide bonds. The number of hydrogen-bond acceptors (Lipinski definition) is 10. The van der Waals surface area contributed by atoms with Crippen LogP contribution in [0.15, 0.2) is 237 Å². The number of allylic oxidation sites excluding steroid dienone is 6. The van der Waals surface area contributed by atoms with Gasteiger partial charge in [-0.25, -0.2) is 29.9 Å². The summed E-state index contributed by atoms with van der Waals surface area (Å²) in [7, 11) is 0. The summed E-state index contributed by atoms with van der Waals surface area (Å²) in [4.78, 5) is 49.0. The summed E-state index contributed by atoms with van der Waals surface area (Å²) in [5, 5.41) is 0. The van der Waals surface area contributed by atoms with Gasteiger partial charge in [-0.3, -0.25) is 19.9 Å². The molecule has 14 rings (SSSR count). The third kappa shape index (κ3) is 8.25. The van der Waals surface area contributed by atoms with Crippen LogP contribution in [-0.2, 0) is 5.41 Å². The molecule has 0 fully saturated rings. The van der Waals surface area contributed by atoms with E-state index >= 15 is 0 Å². The van der Waals surface area contributed by atoms with Crippen molar-refractivity contribution in [1.29, 1.82) is 0 Å². The van der Waals surface area contributed by atoms with Gasteiger partial charge < -0.3 is 0 Å². The van der Waals surface area contributed by atoms with Gasteiger partial charge >= 0.3 is 0 Å². The van der Waals surface area contributed by atoms with Crippen molar-refractivity contribution >= 4 is 17.7 Å². The van der Waals surface area contributed by atoms with Crippen molar-refractivity contribution in [3.8, 4) is 101 Å². The van der Waals surface area contributed by atoms with E-state index in [-0.39, 0.29) is 5.92 Å². The molecule has 3 aliphatic carbocycles. The molecule has 6 aromatic heterocycles. The Bertz CT molecular complexity index is 3960. The summed E-state index contributed by atoms with van der Waals surface area (Å²) < 4.78 is 0. The van der Waals surface area contributed by atoms with Gasteiger partial charge in [-0.1, -0.05) is 171 Å². The Kier molecular flexibility index (Phi) is 11.1. The second-order valence-corrected chi connectivity index (χ2v) is 19.5. The minimum Gasteiger partial charge on any atom is -0.264 e. The third-order valence-corrected chi connectivity index (χ3v) is 15.0. The van der Waals surface area contributed by atoms with E-state index < -0.39 is 5.41 Å². The van der Waals surface area contributed by atoms with Gasteiger partial charge in [-0.05, 0) is 97.1 Å². The quantitative estimate of drug-likeness (QED) is 0.131. The van der Waals surface area contributed by atoms with Crippen molar-refractivity contribution in [3.05, 3.63) is 260 Å². The monoisotopic (exact) mass is 988 g/mol. The maximum atomic E-state index is 5.33. The van der Waals surface area contributed by atoms with Crippen LogP contribution in [0.4, 0.5) is 0 Å². The number of benzene rings is 5. The van der Waals surface area contributed by atoms with E-state index in [1.807, 2.05) is 49.1 Å². The van der Waals surface area contributed by atoms with Gasteiger partial charge in [0, 0.05) is 94.3 Å². The molecule has 6 heterocycles. The van der Waals surface area contributed by atoms with Gasteiger partial charge in [0.15, 0.2) is 34.9 Å². The Morgan fingerprint density at radius 3 is 1.10 bits per heavy atom. The highest BCUT2D eigenvalue weighted by atomic mass is 15.0. The molecule has 362 valence electrons. The van der Waals surface area contributed by atoms with Crippen LogP contribution in [0, 0.1) is 5.92 Å². The first-order chi connectivity index (χ1) is 38.0. The summed E-state index contributed by atoms with van der Waals surface area (Å²) in [5.41, 5.74) is 18.0. The van der Waals surface area contributed by atoms with Gasteiger partial charge in [0.2, 0.25) is 0 Å². The highest BCUT2D eigenvalue weighted by Gasteiger charge is 2.47. The van der Waals surface area contributed by atoms with Crippen LogP contribution in [0.1, 0.15) is 29.4 Å². The summed E-state index contributed by atoms with van der Waals surface area (Å²) >= 11 is 0. The normalized spacial score (nSPS) is 15.8. The van der Waals surface area contributed by atoms with Crippen LogP contribution in [0.5, 0.6) is 0 Å². The van der Waals surface area contributed by atoms with E-state index in [4.69, 9.17) is 29.9 Å². The van der Waals surface area contributed by atoms with Crippen LogP contribution in [0.3, 0.4) is 0 Å². The molecule has 2 unspecified atom stereocenters. The van der Waals surface area contributed by atoms with Crippen LogP contribution < -0.4 is 0 Å². The molecule has 77 heavy (non-hydrogen) atoms. The number of nitrogens with zero attached hydrogens (tertiary/aromatic N) is 10. The Morgan fingerprint density at radius 1 is 0.338 bits per heavy atom. The molecule has 10 nitrogen and oxygen atoms in total. The molecule has 10 heteroatoms. The van der Waals surface area contributed by atoms with Gasteiger partial charge in [0.25, 0.3) is 0 Å². The van der Waals surface area contributed by atoms with E-state index in [0.717, 1.165) is 89.0 Å². The highest BCUT2D eigenvalue weighted by Crippen LogP contribution is 2.56. The summed E-state index contributed by atoms with van der Waals surface area (Å²) in [6, 6.07) is 53.8. The van der Waals surface area contributed by atoms with E-state index in [1.54, 1.807) is 24.8 Å². The second kappa shape index (κ2) is 18.9. The number of rotatable bonds is 10. The van der Waals surface area contributed by atoms with Crippen LogP contribution in [0.2, 0.25) is 0 Å². The molecule has 5 aromatic carbocycles. The van der Waals surface area contributed by atoms with Crippen molar-refractivity contribution < 1.29 is 0 Å². The zero-order chi connectivity index (χ0) is 51.3. The lowest BCUT2D eigenvalue weighted by molar-refractivity contribution is 0.479. The SMILES string of the molecule is CC12C3=CC=C(c4nc(-c5ccc(-c6cccnc6)cc5)nc(-c5ccc(-c6cccnc6)cc5)n4)C1C=Cc1ccc(-c4nc(-c5ccc(-c6cccnc6)cc5)nc(-c5ccc(-c6cccnc6)cc5)n4)c(c12)C=C3. The minimum atomic E-state index is -0.499. The molecule has 0 spiro atoms. The van der Waals surface area contributed by atoms with Crippen molar-refractivity contribution in [3.63, 3.8) is 0 Å². The first kappa shape index (κ1) is 45.3. The lowest BCUT2D eigenvalue weighted by Crippen LogP contribution is -2.40.